The van der Waals surface area contributed by atoms with Crippen LogP contribution in [0.1, 0.15) is 34.2 Å². The van der Waals surface area contributed by atoms with E-state index in [0.717, 1.165) is 34.6 Å². The summed E-state index contributed by atoms with van der Waals surface area (Å²) in [5, 5.41) is 17.0. The van der Waals surface area contributed by atoms with Crippen LogP contribution in [0.3, 0.4) is 0 Å². The number of anilines is 1. The second-order valence-corrected chi connectivity index (χ2v) is 7.93. The van der Waals surface area contributed by atoms with E-state index in [1.54, 1.807) is 21.6 Å². The Balaban J connectivity index is 1.43. The average Bonchev–Trinajstić information content (AvgIpc) is 3.53. The number of rotatable bonds is 6. The highest BCUT2D eigenvalue weighted by Gasteiger charge is 2.20. The van der Waals surface area contributed by atoms with Crippen LogP contribution >= 0.6 is 0 Å². The number of pyridine rings is 1. The van der Waals surface area contributed by atoms with E-state index in [9.17, 15) is 4.79 Å². The van der Waals surface area contributed by atoms with Gasteiger partial charge in [-0.2, -0.15) is 15.3 Å². The van der Waals surface area contributed by atoms with Gasteiger partial charge in [-0.3, -0.25) is 14.2 Å². The number of aryl methyl sites for hydroxylation is 3. The molecule has 0 bridgehead atoms. The second-order valence-electron chi connectivity index (χ2n) is 7.93. The van der Waals surface area contributed by atoms with Gasteiger partial charge in [-0.25, -0.2) is 9.67 Å². The van der Waals surface area contributed by atoms with E-state index in [4.69, 9.17) is 0 Å². The third kappa shape index (κ3) is 4.00. The van der Waals surface area contributed by atoms with Crippen LogP contribution in [0.25, 0.3) is 16.7 Å². The maximum absolute atomic E-state index is 13.3. The molecule has 1 aromatic carbocycles. The zero-order valence-corrected chi connectivity index (χ0v) is 18.7. The fourth-order valence-corrected chi connectivity index (χ4v) is 3.90. The van der Waals surface area contributed by atoms with Gasteiger partial charge in [-0.1, -0.05) is 18.2 Å². The topological polar surface area (TPSA) is 95.5 Å². The zero-order chi connectivity index (χ0) is 22.9. The molecule has 4 heterocycles. The highest BCUT2D eigenvalue weighted by molar-refractivity contribution is 6.12. The minimum atomic E-state index is -0.223. The molecular formula is C24H24N8O. The van der Waals surface area contributed by atoms with Crippen molar-refractivity contribution in [3.05, 3.63) is 83.7 Å². The Kier molecular flexibility index (Phi) is 5.21. The number of nitrogens with one attached hydrogen (secondary N) is 1. The molecule has 0 saturated heterocycles. The minimum Gasteiger partial charge on any atom is -0.319 e. The Bertz CT molecular complexity index is 1440. The number of amides is 1. The summed E-state index contributed by atoms with van der Waals surface area (Å²) in [6.07, 6.45) is 7.27. The lowest BCUT2D eigenvalue weighted by Gasteiger charge is -2.07. The highest BCUT2D eigenvalue weighted by Crippen LogP contribution is 2.25. The molecule has 1 amide bonds. The van der Waals surface area contributed by atoms with Crippen molar-refractivity contribution in [2.75, 3.05) is 5.32 Å². The summed E-state index contributed by atoms with van der Waals surface area (Å²) < 4.78 is 5.43. The molecule has 0 fully saturated rings. The van der Waals surface area contributed by atoms with Gasteiger partial charge in [0.25, 0.3) is 5.91 Å². The summed E-state index contributed by atoms with van der Waals surface area (Å²) in [5.74, 6) is -0.223. The van der Waals surface area contributed by atoms with Crippen LogP contribution in [-0.2, 0) is 13.1 Å². The predicted molar refractivity (Wildman–Crippen MR) is 126 cm³/mol. The monoisotopic (exact) mass is 440 g/mol. The molecule has 0 saturated carbocycles. The molecule has 9 nitrogen and oxygen atoms in total. The first kappa shape index (κ1) is 20.6. The van der Waals surface area contributed by atoms with E-state index in [1.807, 2.05) is 74.4 Å². The summed E-state index contributed by atoms with van der Waals surface area (Å²) in [7, 11) is 0. The van der Waals surface area contributed by atoms with E-state index in [1.165, 1.54) is 0 Å². The number of carbonyl (C=O) groups excluding carboxylic acids is 1. The van der Waals surface area contributed by atoms with Crippen molar-refractivity contribution in [2.45, 2.75) is 33.9 Å². The fourth-order valence-electron chi connectivity index (χ4n) is 3.90. The molecule has 166 valence electrons. The van der Waals surface area contributed by atoms with E-state index >= 15 is 0 Å². The quantitative estimate of drug-likeness (QED) is 0.434. The molecule has 0 aliphatic rings. The van der Waals surface area contributed by atoms with Gasteiger partial charge < -0.3 is 5.32 Å². The van der Waals surface area contributed by atoms with Crippen molar-refractivity contribution in [2.24, 2.45) is 0 Å². The molecule has 4 aromatic heterocycles. The van der Waals surface area contributed by atoms with Crippen molar-refractivity contribution >= 4 is 22.6 Å². The van der Waals surface area contributed by atoms with E-state index < -0.39 is 0 Å². The molecule has 5 aromatic rings. The van der Waals surface area contributed by atoms with E-state index in [-0.39, 0.29) is 5.91 Å². The van der Waals surface area contributed by atoms with Gasteiger partial charge >= 0.3 is 0 Å². The maximum atomic E-state index is 13.3. The second kappa shape index (κ2) is 8.34. The number of nitrogens with zero attached hydrogens (tertiary/aromatic N) is 7. The normalized spacial score (nSPS) is 11.2. The molecule has 0 aliphatic carbocycles. The molecule has 9 heteroatoms. The summed E-state index contributed by atoms with van der Waals surface area (Å²) in [5.41, 5.74) is 5.25. The Hall–Kier alpha value is -4.27. The third-order valence-electron chi connectivity index (χ3n) is 5.43. The number of aromatic nitrogens is 7. The van der Waals surface area contributed by atoms with Crippen LogP contribution in [0, 0.1) is 13.8 Å². The number of hydrogen-bond acceptors (Lipinski definition) is 5. The number of para-hydroxylation sites is 1. The molecule has 0 atom stereocenters. The lowest BCUT2D eigenvalue weighted by Crippen LogP contribution is -2.13. The Morgan fingerprint density at radius 2 is 1.82 bits per heavy atom. The predicted octanol–water partition coefficient (Wildman–Crippen LogP) is 3.75. The maximum Gasteiger partial charge on any atom is 0.256 e. The first-order valence-electron chi connectivity index (χ1n) is 10.8. The first-order valence-corrected chi connectivity index (χ1v) is 10.8. The molecule has 5 rings (SSSR count). The van der Waals surface area contributed by atoms with Crippen LogP contribution < -0.4 is 5.32 Å². The van der Waals surface area contributed by atoms with Gasteiger partial charge in [0.1, 0.15) is 0 Å². The Morgan fingerprint density at radius 1 is 1.03 bits per heavy atom. The van der Waals surface area contributed by atoms with E-state index in [2.05, 4.69) is 25.6 Å². The number of hydrogen-bond donors (Lipinski definition) is 1. The Morgan fingerprint density at radius 3 is 2.58 bits per heavy atom. The van der Waals surface area contributed by atoms with Crippen LogP contribution in [0.15, 0.2) is 61.2 Å². The van der Waals surface area contributed by atoms with Crippen molar-refractivity contribution in [1.29, 1.82) is 0 Å². The number of fused-ring (bicyclic) bond motifs is 1. The van der Waals surface area contributed by atoms with Crippen molar-refractivity contribution in [3.63, 3.8) is 0 Å². The summed E-state index contributed by atoms with van der Waals surface area (Å²) in [6, 6.07) is 11.6. The average molecular weight is 441 g/mol. The lowest BCUT2D eigenvalue weighted by molar-refractivity contribution is 0.102. The molecule has 33 heavy (non-hydrogen) atoms. The van der Waals surface area contributed by atoms with Gasteiger partial charge in [0, 0.05) is 30.2 Å². The standard InChI is InChI=1S/C24H24N8O/c1-4-30-13-18(11-25-30)14-31-15-19(12-26-31)28-24(33)21-10-16(2)27-23-22(21)17(3)29-32(23)20-8-6-5-7-9-20/h5-13,15H,4,14H2,1-3H3,(H,28,33). The molecule has 0 spiro atoms. The Labute approximate surface area is 190 Å². The van der Waals surface area contributed by atoms with E-state index in [0.29, 0.717) is 23.4 Å². The van der Waals surface area contributed by atoms with Crippen LogP contribution in [0.2, 0.25) is 0 Å². The van der Waals surface area contributed by atoms with Crippen LogP contribution in [0.4, 0.5) is 5.69 Å². The van der Waals surface area contributed by atoms with Gasteiger partial charge in [0.05, 0.1) is 47.0 Å². The van der Waals surface area contributed by atoms with Gasteiger partial charge in [0.15, 0.2) is 5.65 Å². The number of benzene rings is 1. The largest absolute Gasteiger partial charge is 0.319 e. The minimum absolute atomic E-state index is 0.223. The molecule has 0 aliphatic heterocycles. The molecular weight excluding hydrogens is 416 g/mol. The lowest BCUT2D eigenvalue weighted by atomic mass is 10.1. The van der Waals surface area contributed by atoms with Gasteiger partial charge in [-0.05, 0) is 39.0 Å². The smallest absolute Gasteiger partial charge is 0.256 e. The van der Waals surface area contributed by atoms with Crippen LogP contribution in [-0.4, -0.2) is 40.2 Å². The van der Waals surface area contributed by atoms with Crippen molar-refractivity contribution < 1.29 is 4.79 Å². The zero-order valence-electron chi connectivity index (χ0n) is 18.7. The molecule has 0 radical (unpaired) electrons. The molecule has 1 N–H and O–H groups in total. The summed E-state index contributed by atoms with van der Waals surface area (Å²) in [4.78, 5) is 17.9. The fraction of sp³-hybridized carbons (Fsp3) is 0.208. The molecule has 0 unspecified atom stereocenters. The van der Waals surface area contributed by atoms with Gasteiger partial charge in [-0.15, -0.1) is 0 Å². The summed E-state index contributed by atoms with van der Waals surface area (Å²) in [6.45, 7) is 7.21. The highest BCUT2D eigenvalue weighted by atomic mass is 16.1. The van der Waals surface area contributed by atoms with Crippen molar-refractivity contribution in [1.82, 2.24) is 34.3 Å². The van der Waals surface area contributed by atoms with Crippen LogP contribution in [0.5, 0.6) is 0 Å². The van der Waals surface area contributed by atoms with Gasteiger partial charge in [0.2, 0.25) is 0 Å². The third-order valence-corrected chi connectivity index (χ3v) is 5.43. The van der Waals surface area contributed by atoms with Crippen molar-refractivity contribution in [3.8, 4) is 5.69 Å². The SMILES string of the molecule is CCn1cc(Cn2cc(NC(=O)c3cc(C)nc4c3c(C)nn4-c3ccccc3)cn2)cn1. The first-order chi connectivity index (χ1) is 16.0. The number of carbonyl (C=O) groups is 1. The summed E-state index contributed by atoms with van der Waals surface area (Å²) >= 11 is 0.